The van der Waals surface area contributed by atoms with Crippen molar-refractivity contribution in [3.05, 3.63) is 30.1 Å². The molecule has 5 nitrogen and oxygen atoms in total. The van der Waals surface area contributed by atoms with Gasteiger partial charge in [0.1, 0.15) is 6.04 Å². The maximum absolute atomic E-state index is 13.0. The van der Waals surface area contributed by atoms with E-state index in [4.69, 9.17) is 0 Å². The van der Waals surface area contributed by atoms with Crippen molar-refractivity contribution >= 4 is 11.9 Å². The molecule has 2 aliphatic heterocycles. The molecule has 2 saturated heterocycles. The SMILES string of the molecule is O=C1C2CC3(CCCC3)CN2C(=O)N1CC1(c2ccncc2)CCC1. The fourth-order valence-electron chi connectivity index (χ4n) is 5.69. The van der Waals surface area contributed by atoms with Crippen molar-refractivity contribution < 1.29 is 9.59 Å². The average Bonchev–Trinajstić information content (AvgIpc) is 3.26. The van der Waals surface area contributed by atoms with E-state index in [1.807, 2.05) is 29.4 Å². The van der Waals surface area contributed by atoms with Crippen LogP contribution < -0.4 is 0 Å². The molecule has 132 valence electrons. The van der Waals surface area contributed by atoms with E-state index < -0.39 is 0 Å². The van der Waals surface area contributed by atoms with Crippen LogP contribution in [0.15, 0.2) is 24.5 Å². The molecule has 4 fully saturated rings. The van der Waals surface area contributed by atoms with Crippen LogP contribution in [0.4, 0.5) is 4.79 Å². The Bertz CT molecular complexity index is 681. The summed E-state index contributed by atoms with van der Waals surface area (Å²) in [7, 11) is 0. The van der Waals surface area contributed by atoms with Crippen molar-refractivity contribution in [2.45, 2.75) is 62.8 Å². The quantitative estimate of drug-likeness (QED) is 0.795. The van der Waals surface area contributed by atoms with E-state index in [0.29, 0.717) is 6.54 Å². The summed E-state index contributed by atoms with van der Waals surface area (Å²) in [6, 6.07) is 3.84. The molecule has 4 aliphatic rings. The third-order valence-electron chi connectivity index (χ3n) is 7.26. The highest BCUT2D eigenvalue weighted by molar-refractivity contribution is 6.04. The minimum absolute atomic E-state index is 0.0425. The minimum Gasteiger partial charge on any atom is -0.312 e. The maximum atomic E-state index is 13.0. The third-order valence-corrected chi connectivity index (χ3v) is 7.26. The summed E-state index contributed by atoms with van der Waals surface area (Å²) >= 11 is 0. The van der Waals surface area contributed by atoms with E-state index in [9.17, 15) is 9.59 Å². The van der Waals surface area contributed by atoms with Crippen molar-refractivity contribution in [3.63, 3.8) is 0 Å². The van der Waals surface area contributed by atoms with E-state index in [1.54, 1.807) is 4.90 Å². The molecule has 25 heavy (non-hydrogen) atoms. The molecule has 1 aromatic rings. The Morgan fingerprint density at radius 3 is 2.36 bits per heavy atom. The molecule has 1 aromatic heterocycles. The first-order valence-corrected chi connectivity index (χ1v) is 9.65. The summed E-state index contributed by atoms with van der Waals surface area (Å²) in [6.45, 7) is 1.33. The number of rotatable bonds is 3. The van der Waals surface area contributed by atoms with Gasteiger partial charge in [-0.2, -0.15) is 0 Å². The third kappa shape index (κ3) is 2.17. The van der Waals surface area contributed by atoms with Crippen LogP contribution in [0.2, 0.25) is 0 Å². The number of carbonyl (C=O) groups excluding carboxylic acids is 2. The molecule has 3 heterocycles. The lowest BCUT2D eigenvalue weighted by Crippen LogP contribution is -2.49. The lowest BCUT2D eigenvalue weighted by molar-refractivity contribution is -0.129. The van der Waals surface area contributed by atoms with E-state index >= 15 is 0 Å². The van der Waals surface area contributed by atoms with Gasteiger partial charge in [-0.1, -0.05) is 19.3 Å². The van der Waals surface area contributed by atoms with Crippen molar-refractivity contribution in [2.24, 2.45) is 5.41 Å². The molecule has 5 rings (SSSR count). The van der Waals surface area contributed by atoms with Crippen LogP contribution in [-0.4, -0.2) is 45.9 Å². The Morgan fingerprint density at radius 2 is 1.76 bits per heavy atom. The second-order valence-electron chi connectivity index (χ2n) is 8.63. The monoisotopic (exact) mass is 339 g/mol. The van der Waals surface area contributed by atoms with Gasteiger partial charge >= 0.3 is 6.03 Å². The van der Waals surface area contributed by atoms with Crippen LogP contribution in [0.1, 0.15) is 56.9 Å². The Hall–Kier alpha value is -1.91. The number of aromatic nitrogens is 1. The molecule has 0 aromatic carbocycles. The van der Waals surface area contributed by atoms with E-state index in [-0.39, 0.29) is 28.8 Å². The Balaban J connectivity index is 1.38. The zero-order valence-corrected chi connectivity index (χ0v) is 14.6. The summed E-state index contributed by atoms with van der Waals surface area (Å²) in [6.07, 6.45) is 12.6. The fraction of sp³-hybridized carbons (Fsp3) is 0.650. The average molecular weight is 339 g/mol. The molecule has 0 bridgehead atoms. The predicted molar refractivity (Wildman–Crippen MR) is 92.9 cm³/mol. The van der Waals surface area contributed by atoms with E-state index in [2.05, 4.69) is 4.98 Å². The second-order valence-corrected chi connectivity index (χ2v) is 8.63. The minimum atomic E-state index is -0.194. The molecular weight excluding hydrogens is 314 g/mol. The van der Waals surface area contributed by atoms with E-state index in [0.717, 1.165) is 32.2 Å². The zero-order valence-electron chi connectivity index (χ0n) is 14.6. The number of nitrogens with zero attached hydrogens (tertiary/aromatic N) is 3. The number of urea groups is 1. The molecular formula is C20H25N3O2. The second kappa shape index (κ2) is 5.29. The van der Waals surface area contributed by atoms with Gasteiger partial charge < -0.3 is 4.90 Å². The molecule has 1 unspecified atom stereocenters. The van der Waals surface area contributed by atoms with Crippen LogP contribution >= 0.6 is 0 Å². The highest BCUT2D eigenvalue weighted by Crippen LogP contribution is 2.51. The summed E-state index contributed by atoms with van der Waals surface area (Å²) < 4.78 is 0. The van der Waals surface area contributed by atoms with Gasteiger partial charge in [0.15, 0.2) is 0 Å². The number of hydrogen-bond donors (Lipinski definition) is 0. The van der Waals surface area contributed by atoms with Crippen LogP contribution in [0, 0.1) is 5.41 Å². The van der Waals surface area contributed by atoms with Crippen molar-refractivity contribution in [1.29, 1.82) is 0 Å². The van der Waals surface area contributed by atoms with Gasteiger partial charge in [-0.3, -0.25) is 14.7 Å². The highest BCUT2D eigenvalue weighted by atomic mass is 16.2. The van der Waals surface area contributed by atoms with Gasteiger partial charge in [-0.05, 0) is 55.2 Å². The summed E-state index contributed by atoms with van der Waals surface area (Å²) in [5.41, 5.74) is 1.40. The molecule has 0 N–H and O–H groups in total. The van der Waals surface area contributed by atoms with Crippen molar-refractivity contribution in [2.75, 3.05) is 13.1 Å². The largest absolute Gasteiger partial charge is 0.327 e. The smallest absolute Gasteiger partial charge is 0.312 e. The normalized spacial score (nSPS) is 29.4. The van der Waals surface area contributed by atoms with Crippen LogP contribution in [0.25, 0.3) is 0 Å². The summed E-state index contributed by atoms with van der Waals surface area (Å²) in [5, 5.41) is 0. The molecule has 1 spiro atoms. The fourth-order valence-corrected chi connectivity index (χ4v) is 5.69. The van der Waals surface area contributed by atoms with Gasteiger partial charge in [-0.15, -0.1) is 0 Å². The molecule has 2 saturated carbocycles. The predicted octanol–water partition coefficient (Wildman–Crippen LogP) is 3.10. The van der Waals surface area contributed by atoms with Crippen molar-refractivity contribution in [1.82, 2.24) is 14.8 Å². The summed E-state index contributed by atoms with van der Waals surface area (Å²) in [4.78, 5) is 33.6. The Labute approximate surface area is 148 Å². The van der Waals surface area contributed by atoms with Crippen LogP contribution in [-0.2, 0) is 10.2 Å². The standard InChI is InChI=1S/C20H25N3O2/c24-17-16-12-19(6-1-2-7-19)13-22(16)18(25)23(17)14-20(8-3-9-20)15-4-10-21-11-5-15/h4-5,10-11,16H,1-3,6-9,12-14H2. The van der Waals surface area contributed by atoms with Gasteiger partial charge in [0.25, 0.3) is 5.91 Å². The lowest BCUT2D eigenvalue weighted by Gasteiger charge is -2.44. The first-order valence-electron chi connectivity index (χ1n) is 9.65. The molecule has 0 radical (unpaired) electrons. The Morgan fingerprint density at radius 1 is 1.04 bits per heavy atom. The van der Waals surface area contributed by atoms with Crippen molar-refractivity contribution in [3.8, 4) is 0 Å². The number of imide groups is 1. The molecule has 1 atom stereocenters. The summed E-state index contributed by atoms with van der Waals surface area (Å²) in [5.74, 6) is 0.0501. The number of hydrogen-bond acceptors (Lipinski definition) is 3. The Kier molecular flexibility index (Phi) is 3.25. The molecule has 5 heteroatoms. The van der Waals surface area contributed by atoms with Gasteiger partial charge in [-0.25, -0.2) is 4.79 Å². The van der Waals surface area contributed by atoms with Gasteiger partial charge in [0.2, 0.25) is 0 Å². The lowest BCUT2D eigenvalue weighted by atomic mass is 9.64. The number of pyridine rings is 1. The highest BCUT2D eigenvalue weighted by Gasteiger charge is 2.57. The van der Waals surface area contributed by atoms with Gasteiger partial charge in [0, 0.05) is 30.9 Å². The van der Waals surface area contributed by atoms with Crippen LogP contribution in [0.3, 0.4) is 0 Å². The molecule has 2 aliphatic carbocycles. The zero-order chi connectivity index (χ0) is 17.1. The first-order chi connectivity index (χ1) is 12.1. The molecule has 3 amide bonds. The van der Waals surface area contributed by atoms with Gasteiger partial charge in [0.05, 0.1) is 0 Å². The topological polar surface area (TPSA) is 53.5 Å². The number of fused-ring (bicyclic) bond motifs is 1. The van der Waals surface area contributed by atoms with Crippen LogP contribution in [0.5, 0.6) is 0 Å². The van der Waals surface area contributed by atoms with E-state index in [1.165, 1.54) is 31.2 Å². The first kappa shape index (κ1) is 15.4. The maximum Gasteiger partial charge on any atom is 0.327 e. The number of carbonyl (C=O) groups is 2. The number of amides is 3.